The lowest BCUT2D eigenvalue weighted by Crippen LogP contribution is -2.23. The van der Waals surface area contributed by atoms with E-state index in [4.69, 9.17) is 10.5 Å². The Morgan fingerprint density at radius 3 is 2.55 bits per heavy atom. The van der Waals surface area contributed by atoms with Crippen LogP contribution in [0.5, 0.6) is 5.75 Å². The summed E-state index contributed by atoms with van der Waals surface area (Å²) >= 11 is 0. The van der Waals surface area contributed by atoms with Gasteiger partial charge in [0.1, 0.15) is 18.5 Å². The Bertz CT molecular complexity index is 549. The first kappa shape index (κ1) is 14.6. The van der Waals surface area contributed by atoms with Gasteiger partial charge in [-0.15, -0.1) is 0 Å². The van der Waals surface area contributed by atoms with E-state index < -0.39 is 6.10 Å². The summed E-state index contributed by atoms with van der Waals surface area (Å²) in [4.78, 5) is 4.21. The second kappa shape index (κ2) is 6.54. The Morgan fingerprint density at radius 2 is 2.00 bits per heavy atom. The minimum absolute atomic E-state index is 0.249. The van der Waals surface area contributed by atoms with E-state index in [1.165, 1.54) is 0 Å². The lowest BCUT2D eigenvalue weighted by molar-refractivity contribution is 0.0920. The van der Waals surface area contributed by atoms with E-state index in [0.29, 0.717) is 13.1 Å². The molecule has 0 saturated carbocycles. The van der Waals surface area contributed by atoms with Gasteiger partial charge in [-0.3, -0.25) is 0 Å². The molecule has 2 rings (SSSR count). The summed E-state index contributed by atoms with van der Waals surface area (Å²) in [7, 11) is 0. The number of imidazole rings is 1. The van der Waals surface area contributed by atoms with Gasteiger partial charge in [-0.2, -0.15) is 0 Å². The van der Waals surface area contributed by atoms with Crippen LogP contribution in [-0.4, -0.2) is 27.4 Å². The smallest absolute Gasteiger partial charge is 0.119 e. The number of aliphatic hydroxyl groups excluding tert-OH is 1. The molecule has 5 nitrogen and oxygen atoms in total. The third-order valence-corrected chi connectivity index (χ3v) is 3.35. The Labute approximate surface area is 119 Å². The molecule has 0 amide bonds. The molecular formula is C15H21N3O2. The fourth-order valence-electron chi connectivity index (χ4n) is 1.92. The van der Waals surface area contributed by atoms with Crippen molar-refractivity contribution in [2.75, 3.05) is 6.61 Å². The minimum atomic E-state index is -0.573. The van der Waals surface area contributed by atoms with Gasteiger partial charge in [0.15, 0.2) is 0 Å². The number of aryl methyl sites for hydroxylation is 1. The van der Waals surface area contributed by atoms with Crippen LogP contribution in [0.25, 0.3) is 0 Å². The molecule has 108 valence electrons. The molecule has 0 spiro atoms. The van der Waals surface area contributed by atoms with Gasteiger partial charge in [-0.05, 0) is 31.5 Å². The maximum absolute atomic E-state index is 10.0. The maximum Gasteiger partial charge on any atom is 0.119 e. The summed E-state index contributed by atoms with van der Waals surface area (Å²) in [6.45, 7) is 5.18. The summed E-state index contributed by atoms with van der Waals surface area (Å²) in [6.07, 6.45) is 1.17. The lowest BCUT2D eigenvalue weighted by atomic mass is 10.2. The van der Waals surface area contributed by atoms with E-state index in [-0.39, 0.29) is 6.61 Å². The van der Waals surface area contributed by atoms with Crippen molar-refractivity contribution < 1.29 is 9.84 Å². The van der Waals surface area contributed by atoms with Crippen LogP contribution < -0.4 is 10.5 Å². The second-order valence-corrected chi connectivity index (χ2v) is 4.88. The van der Waals surface area contributed by atoms with Crippen LogP contribution in [0.1, 0.15) is 17.0 Å². The lowest BCUT2D eigenvalue weighted by Gasteiger charge is -2.14. The zero-order valence-electron chi connectivity index (χ0n) is 11.9. The zero-order valence-corrected chi connectivity index (χ0v) is 11.9. The van der Waals surface area contributed by atoms with Gasteiger partial charge in [-0.25, -0.2) is 4.98 Å². The van der Waals surface area contributed by atoms with Gasteiger partial charge in [0.2, 0.25) is 0 Å². The number of hydrogen-bond acceptors (Lipinski definition) is 4. The molecule has 1 aromatic carbocycles. The minimum Gasteiger partial charge on any atom is -0.491 e. The average molecular weight is 275 g/mol. The van der Waals surface area contributed by atoms with E-state index in [9.17, 15) is 5.11 Å². The Kier molecular flexibility index (Phi) is 4.76. The molecule has 0 aliphatic heterocycles. The van der Waals surface area contributed by atoms with Crippen molar-refractivity contribution in [2.45, 2.75) is 33.0 Å². The second-order valence-electron chi connectivity index (χ2n) is 4.88. The fourth-order valence-corrected chi connectivity index (χ4v) is 1.92. The highest BCUT2D eigenvalue weighted by Gasteiger charge is 2.09. The normalized spacial score (nSPS) is 12.4. The molecule has 1 aromatic heterocycles. The quantitative estimate of drug-likeness (QED) is 0.835. The van der Waals surface area contributed by atoms with Gasteiger partial charge < -0.3 is 20.1 Å². The Morgan fingerprint density at radius 1 is 1.30 bits per heavy atom. The van der Waals surface area contributed by atoms with E-state index in [2.05, 4.69) is 4.98 Å². The molecule has 0 radical (unpaired) electrons. The molecular weight excluding hydrogens is 254 g/mol. The van der Waals surface area contributed by atoms with Crippen LogP contribution in [0.2, 0.25) is 0 Å². The summed E-state index contributed by atoms with van der Waals surface area (Å²) in [5.41, 5.74) is 8.64. The molecule has 1 heterocycles. The monoisotopic (exact) mass is 275 g/mol. The van der Waals surface area contributed by atoms with Crippen LogP contribution in [0.4, 0.5) is 0 Å². The fraction of sp³-hybridized carbons (Fsp3) is 0.400. The first-order valence-electron chi connectivity index (χ1n) is 6.68. The molecule has 5 heteroatoms. The highest BCUT2D eigenvalue weighted by atomic mass is 16.5. The highest BCUT2D eigenvalue weighted by Crippen LogP contribution is 2.12. The molecule has 0 fully saturated rings. The molecule has 0 bridgehead atoms. The molecule has 3 N–H and O–H groups in total. The average Bonchev–Trinajstić information content (AvgIpc) is 2.78. The standard InChI is InChI=1S/C15H21N3O2/c1-11-12(2)18(10-17-11)8-14(19)9-20-15-5-3-13(7-16)4-6-15/h3-6,10,14,19H,7-9,16H2,1-2H3. The van der Waals surface area contributed by atoms with E-state index in [1.54, 1.807) is 6.33 Å². The highest BCUT2D eigenvalue weighted by molar-refractivity contribution is 5.27. The molecule has 0 aliphatic carbocycles. The molecule has 0 saturated heterocycles. The third-order valence-electron chi connectivity index (χ3n) is 3.35. The summed E-state index contributed by atoms with van der Waals surface area (Å²) < 4.78 is 7.49. The van der Waals surface area contributed by atoms with Crippen molar-refractivity contribution in [1.29, 1.82) is 0 Å². The maximum atomic E-state index is 10.0. The van der Waals surface area contributed by atoms with Gasteiger partial charge in [0.25, 0.3) is 0 Å². The van der Waals surface area contributed by atoms with E-state index in [0.717, 1.165) is 22.7 Å². The zero-order chi connectivity index (χ0) is 14.5. The van der Waals surface area contributed by atoms with Crippen LogP contribution >= 0.6 is 0 Å². The first-order chi connectivity index (χ1) is 9.60. The van der Waals surface area contributed by atoms with Crippen molar-refractivity contribution in [3.8, 4) is 5.75 Å². The number of aromatic nitrogens is 2. The largest absolute Gasteiger partial charge is 0.491 e. The van der Waals surface area contributed by atoms with Crippen LogP contribution in [0, 0.1) is 13.8 Å². The Hall–Kier alpha value is -1.85. The molecule has 1 unspecified atom stereocenters. The summed E-state index contributed by atoms with van der Waals surface area (Å²) in [5.74, 6) is 0.736. The van der Waals surface area contributed by atoms with Crippen LogP contribution in [0.15, 0.2) is 30.6 Å². The number of benzene rings is 1. The molecule has 20 heavy (non-hydrogen) atoms. The van der Waals surface area contributed by atoms with Gasteiger partial charge in [0, 0.05) is 12.2 Å². The first-order valence-corrected chi connectivity index (χ1v) is 6.68. The van der Waals surface area contributed by atoms with Crippen molar-refractivity contribution >= 4 is 0 Å². The molecule has 2 aromatic rings. The molecule has 1 atom stereocenters. The predicted octanol–water partition coefficient (Wildman–Crippen LogP) is 1.40. The number of nitrogens with zero attached hydrogens (tertiary/aromatic N) is 2. The van der Waals surface area contributed by atoms with Gasteiger partial charge in [0.05, 0.1) is 18.6 Å². The summed E-state index contributed by atoms with van der Waals surface area (Å²) in [5, 5.41) is 10.0. The van der Waals surface area contributed by atoms with Crippen LogP contribution in [0.3, 0.4) is 0 Å². The molecule has 0 aliphatic rings. The van der Waals surface area contributed by atoms with E-state index >= 15 is 0 Å². The van der Waals surface area contributed by atoms with Gasteiger partial charge >= 0.3 is 0 Å². The van der Waals surface area contributed by atoms with Crippen molar-refractivity contribution in [1.82, 2.24) is 9.55 Å². The van der Waals surface area contributed by atoms with Crippen molar-refractivity contribution in [2.24, 2.45) is 5.73 Å². The SMILES string of the molecule is Cc1ncn(CC(O)COc2ccc(CN)cc2)c1C. The third kappa shape index (κ3) is 3.59. The number of ether oxygens (including phenoxy) is 1. The topological polar surface area (TPSA) is 73.3 Å². The van der Waals surface area contributed by atoms with Crippen molar-refractivity contribution in [3.05, 3.63) is 47.5 Å². The predicted molar refractivity (Wildman–Crippen MR) is 77.5 cm³/mol. The number of rotatable bonds is 6. The number of hydrogen-bond donors (Lipinski definition) is 2. The van der Waals surface area contributed by atoms with Crippen LogP contribution in [-0.2, 0) is 13.1 Å². The number of nitrogens with two attached hydrogens (primary N) is 1. The van der Waals surface area contributed by atoms with E-state index in [1.807, 2.05) is 42.7 Å². The Balaban J connectivity index is 1.85. The summed E-state index contributed by atoms with van der Waals surface area (Å²) in [6, 6.07) is 7.57. The number of aliphatic hydroxyl groups is 1. The van der Waals surface area contributed by atoms with Gasteiger partial charge in [-0.1, -0.05) is 12.1 Å². The van der Waals surface area contributed by atoms with Crippen molar-refractivity contribution in [3.63, 3.8) is 0 Å².